The highest BCUT2D eigenvalue weighted by atomic mass is 32.2. The van der Waals surface area contributed by atoms with Crippen LogP contribution in [-0.4, -0.2) is 35.0 Å². The number of halogens is 3. The van der Waals surface area contributed by atoms with E-state index in [1.165, 1.54) is 30.3 Å². The second kappa shape index (κ2) is 8.78. The van der Waals surface area contributed by atoms with Crippen LogP contribution in [0, 0.1) is 0 Å². The summed E-state index contributed by atoms with van der Waals surface area (Å²) >= 11 is 0.663. The Hall–Kier alpha value is -3.01. The molecule has 0 unspecified atom stereocenters. The molecule has 1 aliphatic heterocycles. The molecule has 2 aromatic rings. The second-order valence-electron chi connectivity index (χ2n) is 6.40. The van der Waals surface area contributed by atoms with E-state index >= 15 is 0 Å². The van der Waals surface area contributed by atoms with Crippen LogP contribution in [0.2, 0.25) is 0 Å². The van der Waals surface area contributed by atoms with E-state index in [2.05, 4.69) is 5.32 Å². The van der Waals surface area contributed by atoms with Crippen molar-refractivity contribution in [2.75, 3.05) is 13.1 Å². The molecule has 1 fully saturated rings. The third-order valence-electron chi connectivity index (χ3n) is 4.12. The third-order valence-corrected chi connectivity index (χ3v) is 5.03. The lowest BCUT2D eigenvalue weighted by molar-refractivity contribution is -0.137. The van der Waals surface area contributed by atoms with Crippen molar-refractivity contribution in [3.63, 3.8) is 0 Å². The zero-order chi connectivity index (χ0) is 21.9. The first-order valence-corrected chi connectivity index (χ1v) is 9.80. The Morgan fingerprint density at radius 3 is 2.70 bits per heavy atom. The van der Waals surface area contributed by atoms with Crippen molar-refractivity contribution >= 4 is 34.9 Å². The summed E-state index contributed by atoms with van der Waals surface area (Å²) in [7, 11) is 0. The lowest BCUT2D eigenvalue weighted by Crippen LogP contribution is -2.39. The molecule has 30 heavy (non-hydrogen) atoms. The molecule has 1 aliphatic rings. The molecule has 6 nitrogen and oxygen atoms in total. The minimum atomic E-state index is -4.48. The number of hydrogen-bond acceptors (Lipinski definition) is 5. The molecule has 0 spiro atoms. The van der Waals surface area contributed by atoms with Crippen LogP contribution in [0.4, 0.5) is 18.0 Å². The lowest BCUT2D eigenvalue weighted by Gasteiger charge is -2.11. The molecule has 1 saturated heterocycles. The van der Waals surface area contributed by atoms with Crippen molar-refractivity contribution in [1.29, 1.82) is 0 Å². The highest BCUT2D eigenvalue weighted by Crippen LogP contribution is 2.35. The molecule has 1 aromatic carbocycles. The first-order chi connectivity index (χ1) is 14.2. The summed E-state index contributed by atoms with van der Waals surface area (Å²) in [6.45, 7) is 1.94. The summed E-state index contributed by atoms with van der Waals surface area (Å²) in [4.78, 5) is 37.2. The van der Waals surface area contributed by atoms with Gasteiger partial charge in [0.1, 0.15) is 18.1 Å². The summed E-state index contributed by atoms with van der Waals surface area (Å²) in [5.74, 6) is -0.687. The summed E-state index contributed by atoms with van der Waals surface area (Å²) in [5, 5.41) is 2.01. The molecule has 0 aliphatic carbocycles. The van der Waals surface area contributed by atoms with E-state index in [0.717, 1.165) is 23.5 Å². The van der Waals surface area contributed by atoms with Gasteiger partial charge in [-0.05, 0) is 42.4 Å². The Labute approximate surface area is 174 Å². The second-order valence-corrected chi connectivity index (χ2v) is 7.39. The predicted octanol–water partition coefficient (Wildman–Crippen LogP) is 4.53. The molecule has 0 saturated carbocycles. The van der Waals surface area contributed by atoms with Crippen molar-refractivity contribution in [3.8, 4) is 11.3 Å². The van der Waals surface area contributed by atoms with Crippen LogP contribution in [0.3, 0.4) is 0 Å². The monoisotopic (exact) mass is 438 g/mol. The van der Waals surface area contributed by atoms with Gasteiger partial charge in [-0.15, -0.1) is 0 Å². The van der Waals surface area contributed by atoms with E-state index in [1.807, 2.05) is 6.92 Å². The number of amides is 3. The van der Waals surface area contributed by atoms with Crippen molar-refractivity contribution in [1.82, 2.24) is 10.2 Å². The van der Waals surface area contributed by atoms with E-state index in [1.54, 1.807) is 0 Å². The number of rotatable bonds is 6. The zero-order valence-electron chi connectivity index (χ0n) is 15.8. The highest BCUT2D eigenvalue weighted by Gasteiger charge is 2.36. The first kappa shape index (κ1) is 21.7. The fourth-order valence-corrected chi connectivity index (χ4v) is 3.48. The number of imide groups is 1. The molecule has 0 bridgehead atoms. The Bertz CT molecular complexity index is 1010. The fraction of sp³-hybridized carbons (Fsp3) is 0.250. The minimum Gasteiger partial charge on any atom is -0.457 e. The summed E-state index contributed by atoms with van der Waals surface area (Å²) in [6.07, 6.45) is -2.43. The fourth-order valence-electron chi connectivity index (χ4n) is 2.66. The largest absolute Gasteiger partial charge is 0.457 e. The summed E-state index contributed by atoms with van der Waals surface area (Å²) in [5.41, 5.74) is -0.578. The maximum Gasteiger partial charge on any atom is 0.416 e. The van der Waals surface area contributed by atoms with Crippen LogP contribution < -0.4 is 5.32 Å². The predicted molar refractivity (Wildman–Crippen MR) is 105 cm³/mol. The number of furan rings is 1. The minimum absolute atomic E-state index is 0.0632. The van der Waals surface area contributed by atoms with Crippen LogP contribution in [0.5, 0.6) is 0 Å². The van der Waals surface area contributed by atoms with Crippen LogP contribution in [0.15, 0.2) is 45.7 Å². The van der Waals surface area contributed by atoms with Gasteiger partial charge in [0.2, 0.25) is 5.91 Å². The average Bonchev–Trinajstić information content (AvgIpc) is 3.26. The normalized spacial score (nSPS) is 15.9. The molecule has 2 heterocycles. The van der Waals surface area contributed by atoms with Gasteiger partial charge in [-0.1, -0.05) is 19.1 Å². The van der Waals surface area contributed by atoms with Crippen molar-refractivity contribution < 1.29 is 32.0 Å². The van der Waals surface area contributed by atoms with E-state index in [-0.39, 0.29) is 28.5 Å². The van der Waals surface area contributed by atoms with Gasteiger partial charge in [0, 0.05) is 18.2 Å². The van der Waals surface area contributed by atoms with Crippen LogP contribution in [0.1, 0.15) is 24.7 Å². The summed E-state index contributed by atoms with van der Waals surface area (Å²) < 4.78 is 44.2. The number of benzene rings is 1. The zero-order valence-corrected chi connectivity index (χ0v) is 16.6. The van der Waals surface area contributed by atoms with Gasteiger partial charge in [0.15, 0.2) is 0 Å². The number of carbonyl (C=O) groups is 3. The smallest absolute Gasteiger partial charge is 0.416 e. The van der Waals surface area contributed by atoms with E-state index in [0.29, 0.717) is 18.3 Å². The van der Waals surface area contributed by atoms with E-state index in [9.17, 15) is 27.6 Å². The van der Waals surface area contributed by atoms with E-state index in [4.69, 9.17) is 4.42 Å². The number of alkyl halides is 3. The number of nitrogens with one attached hydrogen (secondary N) is 1. The molecule has 10 heteroatoms. The van der Waals surface area contributed by atoms with Gasteiger partial charge in [0.05, 0.1) is 10.5 Å². The summed E-state index contributed by atoms with van der Waals surface area (Å²) in [6, 6.07) is 7.63. The van der Waals surface area contributed by atoms with Gasteiger partial charge in [-0.2, -0.15) is 13.2 Å². The maximum absolute atomic E-state index is 12.9. The molecule has 0 radical (unpaired) electrons. The Kier molecular flexibility index (Phi) is 6.35. The Morgan fingerprint density at radius 1 is 1.23 bits per heavy atom. The molecule has 1 aromatic heterocycles. The molecule has 3 rings (SSSR count). The Balaban J connectivity index is 1.76. The molecular formula is C20H17F3N2O4S. The third kappa shape index (κ3) is 4.93. The number of nitrogens with zero attached hydrogens (tertiary/aromatic N) is 1. The van der Waals surface area contributed by atoms with Crippen molar-refractivity contribution in [2.24, 2.45) is 0 Å². The van der Waals surface area contributed by atoms with Crippen molar-refractivity contribution in [2.45, 2.75) is 19.5 Å². The van der Waals surface area contributed by atoms with Crippen LogP contribution in [0.25, 0.3) is 17.4 Å². The number of thioether (sulfide) groups is 1. The van der Waals surface area contributed by atoms with Gasteiger partial charge in [0.25, 0.3) is 11.1 Å². The van der Waals surface area contributed by atoms with Gasteiger partial charge < -0.3 is 9.73 Å². The molecule has 1 N–H and O–H groups in total. The number of hydrogen-bond donors (Lipinski definition) is 1. The quantitative estimate of drug-likeness (QED) is 0.671. The maximum atomic E-state index is 12.9. The molecular weight excluding hydrogens is 421 g/mol. The number of carbonyl (C=O) groups excluding carboxylic acids is 3. The Morgan fingerprint density at radius 2 is 2.00 bits per heavy atom. The molecule has 158 valence electrons. The van der Waals surface area contributed by atoms with Crippen molar-refractivity contribution in [3.05, 3.63) is 52.6 Å². The first-order valence-electron chi connectivity index (χ1n) is 8.98. The van der Waals surface area contributed by atoms with Crippen LogP contribution in [-0.2, 0) is 15.8 Å². The SMILES string of the molecule is CCCNC(=O)CN1C(=O)S/C(=C\c2ccc(-c3cccc(C(F)(F)F)c3)o2)C1=O. The van der Waals surface area contributed by atoms with Gasteiger partial charge in [-0.3, -0.25) is 19.3 Å². The van der Waals surface area contributed by atoms with Crippen LogP contribution >= 0.6 is 11.8 Å². The topological polar surface area (TPSA) is 79.6 Å². The van der Waals surface area contributed by atoms with E-state index < -0.39 is 28.8 Å². The van der Waals surface area contributed by atoms with Gasteiger partial charge >= 0.3 is 6.18 Å². The van der Waals surface area contributed by atoms with Gasteiger partial charge in [-0.25, -0.2) is 0 Å². The standard InChI is InChI=1S/C20H17F3N2O4S/c1-2-8-24-17(26)11-25-18(27)16(30-19(25)28)10-14-6-7-15(29-14)12-4-3-5-13(9-12)20(21,22)23/h3-7,9-10H,2,8,11H2,1H3,(H,24,26)/b16-10-. The highest BCUT2D eigenvalue weighted by molar-refractivity contribution is 8.18. The lowest BCUT2D eigenvalue weighted by atomic mass is 10.1. The molecule has 3 amide bonds. The molecule has 0 atom stereocenters. The average molecular weight is 438 g/mol.